The molecule has 1 heterocycles. The molecule has 0 aliphatic rings. The molecule has 0 amide bonds. The van der Waals surface area contributed by atoms with Crippen LogP contribution in [0.2, 0.25) is 0 Å². The lowest BCUT2D eigenvalue weighted by Gasteiger charge is -2.14. The Kier molecular flexibility index (Phi) is 3.90. The second-order valence-corrected chi connectivity index (χ2v) is 5.01. The summed E-state index contributed by atoms with van der Waals surface area (Å²) in [4.78, 5) is 8.48. The smallest absolute Gasteiger partial charge is 0.142 e. The Labute approximate surface area is 120 Å². The molecule has 100 valence electrons. The van der Waals surface area contributed by atoms with E-state index in [-0.39, 0.29) is 0 Å². The number of hydrogen-bond donors (Lipinski definition) is 2. The number of methoxy groups -OCH3 is 1. The molecular weight excluding hydrogens is 308 g/mol. The van der Waals surface area contributed by atoms with Gasteiger partial charge in [-0.05, 0) is 32.0 Å². The molecular formula is C13H15BrN4O. The molecule has 6 heteroatoms. The number of rotatable bonds is 3. The highest BCUT2D eigenvalue weighted by molar-refractivity contribution is 9.10. The first kappa shape index (κ1) is 13.6. The van der Waals surface area contributed by atoms with E-state index >= 15 is 0 Å². The molecule has 2 aromatic rings. The lowest BCUT2D eigenvalue weighted by molar-refractivity contribution is 0.416. The molecule has 0 fully saturated rings. The number of anilines is 3. The molecule has 0 unspecified atom stereocenters. The first-order valence-corrected chi connectivity index (χ1v) is 6.52. The third-order valence-electron chi connectivity index (χ3n) is 2.71. The van der Waals surface area contributed by atoms with Crippen LogP contribution >= 0.6 is 15.9 Å². The highest BCUT2D eigenvalue weighted by Gasteiger charge is 2.10. The Balaban J connectivity index is 2.44. The van der Waals surface area contributed by atoms with Crippen LogP contribution in [0, 0.1) is 13.8 Å². The summed E-state index contributed by atoms with van der Waals surface area (Å²) in [6.07, 6.45) is 0. The van der Waals surface area contributed by atoms with Crippen molar-refractivity contribution in [2.45, 2.75) is 13.8 Å². The van der Waals surface area contributed by atoms with Crippen LogP contribution in [0.25, 0.3) is 0 Å². The molecule has 0 aliphatic heterocycles. The Morgan fingerprint density at radius 2 is 2.00 bits per heavy atom. The molecule has 1 aromatic heterocycles. The highest BCUT2D eigenvalue weighted by Crippen LogP contribution is 2.31. The van der Waals surface area contributed by atoms with Crippen molar-refractivity contribution in [3.8, 4) is 5.75 Å². The molecule has 19 heavy (non-hydrogen) atoms. The molecule has 0 radical (unpaired) electrons. The average molecular weight is 323 g/mol. The zero-order chi connectivity index (χ0) is 14.0. The van der Waals surface area contributed by atoms with Crippen LogP contribution in [0.4, 0.5) is 17.3 Å². The van der Waals surface area contributed by atoms with Crippen LogP contribution in [-0.4, -0.2) is 17.1 Å². The highest BCUT2D eigenvalue weighted by atomic mass is 79.9. The largest absolute Gasteiger partial charge is 0.495 e. The summed E-state index contributed by atoms with van der Waals surface area (Å²) in [5, 5.41) is 3.23. The maximum atomic E-state index is 5.84. The van der Waals surface area contributed by atoms with Gasteiger partial charge in [-0.25, -0.2) is 9.97 Å². The number of halogens is 1. The van der Waals surface area contributed by atoms with E-state index in [2.05, 4.69) is 31.2 Å². The minimum Gasteiger partial charge on any atom is -0.495 e. The van der Waals surface area contributed by atoms with Gasteiger partial charge in [0.1, 0.15) is 23.2 Å². The molecule has 0 atom stereocenters. The van der Waals surface area contributed by atoms with Crippen molar-refractivity contribution in [3.63, 3.8) is 0 Å². The number of nitrogens with zero attached hydrogens (tertiary/aromatic N) is 2. The fourth-order valence-electron chi connectivity index (χ4n) is 1.68. The van der Waals surface area contributed by atoms with Crippen molar-refractivity contribution in [2.75, 3.05) is 18.2 Å². The lowest BCUT2D eigenvalue weighted by atomic mass is 10.2. The molecule has 1 aromatic carbocycles. The summed E-state index contributed by atoms with van der Waals surface area (Å²) in [5.74, 6) is 2.52. The number of nitrogen functional groups attached to an aromatic ring is 1. The van der Waals surface area contributed by atoms with E-state index in [4.69, 9.17) is 10.5 Å². The van der Waals surface area contributed by atoms with Crippen molar-refractivity contribution < 1.29 is 4.74 Å². The van der Waals surface area contributed by atoms with E-state index in [0.717, 1.165) is 21.5 Å². The van der Waals surface area contributed by atoms with E-state index in [9.17, 15) is 0 Å². The number of aromatic nitrogens is 2. The third-order valence-corrected chi connectivity index (χ3v) is 3.20. The summed E-state index contributed by atoms with van der Waals surface area (Å²) in [5.41, 5.74) is 7.47. The lowest BCUT2D eigenvalue weighted by Crippen LogP contribution is -2.05. The van der Waals surface area contributed by atoms with Gasteiger partial charge in [0.25, 0.3) is 0 Å². The van der Waals surface area contributed by atoms with Gasteiger partial charge in [0.05, 0.1) is 12.8 Å². The quantitative estimate of drug-likeness (QED) is 0.907. The number of aryl methyl sites for hydroxylation is 1. The molecule has 0 saturated heterocycles. The second kappa shape index (κ2) is 5.44. The summed E-state index contributed by atoms with van der Waals surface area (Å²) < 4.78 is 6.27. The molecule has 2 rings (SSSR count). The van der Waals surface area contributed by atoms with Gasteiger partial charge in [-0.1, -0.05) is 15.9 Å². The van der Waals surface area contributed by atoms with Gasteiger partial charge in [-0.2, -0.15) is 0 Å². The Bertz CT molecular complexity index is 616. The van der Waals surface area contributed by atoms with Gasteiger partial charge in [0.2, 0.25) is 0 Å². The van der Waals surface area contributed by atoms with Crippen LogP contribution < -0.4 is 15.8 Å². The van der Waals surface area contributed by atoms with Gasteiger partial charge < -0.3 is 15.8 Å². The van der Waals surface area contributed by atoms with Crippen LogP contribution in [0.5, 0.6) is 5.75 Å². The third kappa shape index (κ3) is 2.96. The van der Waals surface area contributed by atoms with Crippen molar-refractivity contribution in [1.82, 2.24) is 9.97 Å². The first-order valence-electron chi connectivity index (χ1n) is 5.72. The van der Waals surface area contributed by atoms with Gasteiger partial charge in [0, 0.05) is 10.0 Å². The van der Waals surface area contributed by atoms with Gasteiger partial charge >= 0.3 is 0 Å². The Hall–Kier alpha value is -1.82. The van der Waals surface area contributed by atoms with Crippen molar-refractivity contribution in [3.05, 3.63) is 34.1 Å². The standard InChI is InChI=1S/C13H15BrN4O/c1-7-12(15)16-8(2)17-13(7)18-10-6-9(14)4-5-11(10)19-3/h4-6H,1-3H3,(H3,15,16,17,18). The minimum atomic E-state index is 0.476. The Morgan fingerprint density at radius 3 is 2.68 bits per heavy atom. The number of hydrogen-bond acceptors (Lipinski definition) is 5. The second-order valence-electron chi connectivity index (χ2n) is 4.10. The van der Waals surface area contributed by atoms with E-state index < -0.39 is 0 Å². The van der Waals surface area contributed by atoms with Gasteiger partial charge in [-0.15, -0.1) is 0 Å². The zero-order valence-corrected chi connectivity index (χ0v) is 12.6. The zero-order valence-electron chi connectivity index (χ0n) is 11.0. The van der Waals surface area contributed by atoms with E-state index in [1.54, 1.807) is 14.0 Å². The fraction of sp³-hybridized carbons (Fsp3) is 0.231. The van der Waals surface area contributed by atoms with Crippen molar-refractivity contribution >= 4 is 33.3 Å². The fourth-order valence-corrected chi connectivity index (χ4v) is 2.04. The monoisotopic (exact) mass is 322 g/mol. The SMILES string of the molecule is COc1ccc(Br)cc1Nc1nc(C)nc(N)c1C. The normalized spacial score (nSPS) is 10.3. The van der Waals surface area contributed by atoms with Crippen LogP contribution in [0.1, 0.15) is 11.4 Å². The van der Waals surface area contributed by atoms with Crippen LogP contribution in [0.15, 0.2) is 22.7 Å². The minimum absolute atomic E-state index is 0.476. The number of ether oxygens (including phenoxy) is 1. The molecule has 0 spiro atoms. The molecule has 3 N–H and O–H groups in total. The van der Waals surface area contributed by atoms with Crippen LogP contribution in [-0.2, 0) is 0 Å². The molecule has 0 aliphatic carbocycles. The van der Waals surface area contributed by atoms with Crippen molar-refractivity contribution in [1.29, 1.82) is 0 Å². The first-order chi connectivity index (χ1) is 9.01. The Morgan fingerprint density at radius 1 is 1.26 bits per heavy atom. The van der Waals surface area contributed by atoms with E-state index in [0.29, 0.717) is 17.5 Å². The summed E-state index contributed by atoms with van der Waals surface area (Å²) >= 11 is 3.43. The van der Waals surface area contributed by atoms with Crippen LogP contribution in [0.3, 0.4) is 0 Å². The summed E-state index contributed by atoms with van der Waals surface area (Å²) in [6.45, 7) is 3.68. The van der Waals surface area contributed by atoms with E-state index in [1.165, 1.54) is 0 Å². The molecule has 5 nitrogen and oxygen atoms in total. The maximum absolute atomic E-state index is 5.84. The van der Waals surface area contributed by atoms with Crippen molar-refractivity contribution in [2.24, 2.45) is 0 Å². The number of nitrogens with one attached hydrogen (secondary N) is 1. The predicted molar refractivity (Wildman–Crippen MR) is 79.9 cm³/mol. The topological polar surface area (TPSA) is 73.1 Å². The average Bonchev–Trinajstić information content (AvgIpc) is 2.35. The summed E-state index contributed by atoms with van der Waals surface area (Å²) in [6, 6.07) is 5.71. The predicted octanol–water partition coefficient (Wildman–Crippen LogP) is 3.19. The van der Waals surface area contributed by atoms with E-state index in [1.807, 2.05) is 25.1 Å². The molecule has 0 bridgehead atoms. The maximum Gasteiger partial charge on any atom is 0.142 e. The number of nitrogens with two attached hydrogens (primary N) is 1. The summed E-state index contributed by atoms with van der Waals surface area (Å²) in [7, 11) is 1.63. The molecule has 0 saturated carbocycles. The van der Waals surface area contributed by atoms with Gasteiger partial charge in [0.15, 0.2) is 0 Å². The number of benzene rings is 1. The van der Waals surface area contributed by atoms with Gasteiger partial charge in [-0.3, -0.25) is 0 Å².